The van der Waals surface area contributed by atoms with Gasteiger partial charge in [0.05, 0.1) is 17.6 Å². The van der Waals surface area contributed by atoms with Crippen molar-refractivity contribution >= 4 is 34.9 Å². The Kier molecular flexibility index (Phi) is 8.47. The quantitative estimate of drug-likeness (QED) is 0.234. The number of rotatable bonds is 9. The van der Waals surface area contributed by atoms with Gasteiger partial charge >= 0.3 is 0 Å². The van der Waals surface area contributed by atoms with E-state index in [1.165, 1.54) is 28.0 Å². The number of nitro groups is 1. The zero-order chi connectivity index (χ0) is 26.4. The monoisotopic (exact) mass is 519 g/mol. The summed E-state index contributed by atoms with van der Waals surface area (Å²) in [6.45, 7) is 3.09. The Balaban J connectivity index is 1.52. The highest BCUT2D eigenvalue weighted by Crippen LogP contribution is 2.38. The molecule has 1 aliphatic heterocycles. The first-order chi connectivity index (χ1) is 17.9. The van der Waals surface area contributed by atoms with Crippen molar-refractivity contribution in [2.24, 2.45) is 0 Å². The van der Waals surface area contributed by atoms with Crippen molar-refractivity contribution in [3.8, 4) is 0 Å². The Bertz CT molecular complexity index is 1280. The van der Waals surface area contributed by atoms with E-state index < -0.39 is 4.92 Å². The molecule has 0 saturated heterocycles. The van der Waals surface area contributed by atoms with Crippen molar-refractivity contribution in [3.05, 3.63) is 103 Å². The molecule has 1 atom stereocenters. The van der Waals surface area contributed by atoms with E-state index in [1.807, 2.05) is 11.8 Å². The highest BCUT2D eigenvalue weighted by atomic mass is 32.1. The second kappa shape index (κ2) is 11.9. The van der Waals surface area contributed by atoms with Crippen molar-refractivity contribution in [3.63, 3.8) is 0 Å². The summed E-state index contributed by atoms with van der Waals surface area (Å²) in [5, 5.41) is 12.9. The number of nitrogens with zero attached hydrogens (tertiary/aromatic N) is 3. The highest BCUT2D eigenvalue weighted by Gasteiger charge is 2.33. The van der Waals surface area contributed by atoms with Crippen LogP contribution in [0.3, 0.4) is 0 Å². The molecule has 0 radical (unpaired) electrons. The van der Waals surface area contributed by atoms with Gasteiger partial charge in [0.1, 0.15) is 6.54 Å². The molecule has 1 aliphatic rings. The van der Waals surface area contributed by atoms with Crippen molar-refractivity contribution < 1.29 is 19.2 Å². The maximum absolute atomic E-state index is 13.6. The van der Waals surface area contributed by atoms with Gasteiger partial charge in [0.15, 0.2) is 0 Å². The van der Waals surface area contributed by atoms with Gasteiger partial charge in [-0.25, -0.2) is 0 Å². The van der Waals surface area contributed by atoms with Gasteiger partial charge in [-0.3, -0.25) is 19.7 Å². The van der Waals surface area contributed by atoms with E-state index in [1.54, 1.807) is 36.7 Å². The van der Waals surface area contributed by atoms with Crippen LogP contribution < -0.4 is 0 Å². The molecule has 0 bridgehead atoms. The number of hydrogen-bond donors (Lipinski definition) is 0. The van der Waals surface area contributed by atoms with E-state index in [0.717, 1.165) is 23.1 Å². The lowest BCUT2D eigenvalue weighted by Crippen LogP contribution is -2.47. The van der Waals surface area contributed by atoms with E-state index in [0.29, 0.717) is 18.7 Å². The van der Waals surface area contributed by atoms with E-state index in [-0.39, 0.29) is 36.6 Å². The summed E-state index contributed by atoms with van der Waals surface area (Å²) in [6, 6.07) is 16.0. The second-order valence-corrected chi connectivity index (χ2v) is 9.88. The molecule has 0 saturated carbocycles. The van der Waals surface area contributed by atoms with Gasteiger partial charge in [0, 0.05) is 43.3 Å². The van der Waals surface area contributed by atoms with Gasteiger partial charge in [0.2, 0.25) is 11.8 Å². The average Bonchev–Trinajstić information content (AvgIpc) is 3.39. The normalized spacial score (nSPS) is 15.0. The summed E-state index contributed by atoms with van der Waals surface area (Å²) < 4.78 is 5.18. The summed E-state index contributed by atoms with van der Waals surface area (Å²) in [5.74, 6) is -0.459. The number of fused-ring (bicyclic) bond motifs is 1. The van der Waals surface area contributed by atoms with Crippen LogP contribution in [0.25, 0.3) is 6.08 Å². The minimum absolute atomic E-state index is 0.0192. The van der Waals surface area contributed by atoms with Gasteiger partial charge < -0.3 is 14.5 Å². The van der Waals surface area contributed by atoms with Gasteiger partial charge in [-0.1, -0.05) is 29.8 Å². The maximum atomic E-state index is 13.6. The van der Waals surface area contributed by atoms with E-state index in [9.17, 15) is 19.7 Å². The molecule has 1 unspecified atom stereocenters. The standard InChI is InChI=1S/C28H29N3O5S/c1-20-3-8-22(9-4-20)28-24-14-18-37-25(24)13-15-30(28)27(33)19-29(16-17-36-2)26(32)12-7-21-5-10-23(11-6-21)31(34)35/h3-12,14,18,28H,13,15-17,19H2,1-2H3. The molecular weight excluding hydrogens is 490 g/mol. The minimum atomic E-state index is -0.472. The van der Waals surface area contributed by atoms with Crippen LogP contribution in [0.1, 0.15) is 33.2 Å². The second-order valence-electron chi connectivity index (χ2n) is 8.88. The average molecular weight is 520 g/mol. The SMILES string of the molecule is COCCN(CC(=O)N1CCc2sccc2C1c1ccc(C)cc1)C(=O)C=Cc1ccc([N+](=O)[O-])cc1. The van der Waals surface area contributed by atoms with Crippen LogP contribution in [-0.4, -0.2) is 59.9 Å². The van der Waals surface area contributed by atoms with E-state index >= 15 is 0 Å². The van der Waals surface area contributed by atoms with Crippen molar-refractivity contribution in [1.82, 2.24) is 9.80 Å². The third-order valence-electron chi connectivity index (χ3n) is 6.40. The molecule has 2 aromatic carbocycles. The molecule has 0 spiro atoms. The molecule has 192 valence electrons. The van der Waals surface area contributed by atoms with Crippen LogP contribution in [-0.2, 0) is 20.7 Å². The maximum Gasteiger partial charge on any atom is 0.269 e. The molecule has 0 fully saturated rings. The molecule has 8 nitrogen and oxygen atoms in total. The summed E-state index contributed by atoms with van der Waals surface area (Å²) in [7, 11) is 1.55. The number of benzene rings is 2. The number of nitro benzene ring substituents is 1. The Morgan fingerprint density at radius 2 is 1.89 bits per heavy atom. The Morgan fingerprint density at radius 3 is 2.57 bits per heavy atom. The van der Waals surface area contributed by atoms with Crippen LogP contribution >= 0.6 is 11.3 Å². The largest absolute Gasteiger partial charge is 0.383 e. The Labute approximate surface area is 219 Å². The van der Waals surface area contributed by atoms with Crippen LogP contribution in [0, 0.1) is 17.0 Å². The third kappa shape index (κ3) is 6.31. The summed E-state index contributed by atoms with van der Waals surface area (Å²) in [6.07, 6.45) is 3.76. The van der Waals surface area contributed by atoms with Crippen LogP contribution in [0.15, 0.2) is 66.1 Å². The number of thiophene rings is 1. The first-order valence-electron chi connectivity index (χ1n) is 12.0. The fraction of sp³-hybridized carbons (Fsp3) is 0.286. The van der Waals surface area contributed by atoms with Crippen molar-refractivity contribution in [2.45, 2.75) is 19.4 Å². The third-order valence-corrected chi connectivity index (χ3v) is 7.40. The predicted octanol–water partition coefficient (Wildman–Crippen LogP) is 4.63. The number of ether oxygens (including phenoxy) is 1. The zero-order valence-corrected chi connectivity index (χ0v) is 21.6. The van der Waals surface area contributed by atoms with Crippen molar-refractivity contribution in [2.75, 3.05) is 33.4 Å². The van der Waals surface area contributed by atoms with Crippen LogP contribution in [0.4, 0.5) is 5.69 Å². The molecule has 4 rings (SSSR count). The number of carbonyl (C=O) groups is 2. The molecule has 1 aromatic heterocycles. The van der Waals surface area contributed by atoms with Crippen molar-refractivity contribution in [1.29, 1.82) is 0 Å². The first kappa shape index (κ1) is 26.2. The van der Waals surface area contributed by atoms with Gasteiger partial charge in [-0.15, -0.1) is 11.3 Å². The molecule has 0 aliphatic carbocycles. The smallest absolute Gasteiger partial charge is 0.269 e. The fourth-order valence-corrected chi connectivity index (χ4v) is 5.30. The lowest BCUT2D eigenvalue weighted by molar-refractivity contribution is -0.384. The van der Waals surface area contributed by atoms with Crippen LogP contribution in [0.2, 0.25) is 0 Å². The number of aryl methyl sites for hydroxylation is 1. The fourth-order valence-electron chi connectivity index (χ4n) is 4.40. The number of non-ortho nitro benzene ring substituents is 1. The minimum Gasteiger partial charge on any atom is -0.383 e. The highest BCUT2D eigenvalue weighted by molar-refractivity contribution is 7.10. The van der Waals surface area contributed by atoms with E-state index in [4.69, 9.17) is 4.74 Å². The molecule has 2 heterocycles. The lowest BCUT2D eigenvalue weighted by Gasteiger charge is -2.37. The topological polar surface area (TPSA) is 93.0 Å². The van der Waals surface area contributed by atoms with Gasteiger partial charge in [-0.2, -0.15) is 0 Å². The summed E-state index contributed by atoms with van der Waals surface area (Å²) >= 11 is 1.71. The van der Waals surface area contributed by atoms with E-state index in [2.05, 4.69) is 35.7 Å². The first-order valence-corrected chi connectivity index (χ1v) is 12.9. The summed E-state index contributed by atoms with van der Waals surface area (Å²) in [5.41, 5.74) is 3.97. The predicted molar refractivity (Wildman–Crippen MR) is 143 cm³/mol. The number of amides is 2. The number of carbonyl (C=O) groups excluding carboxylic acids is 2. The summed E-state index contributed by atoms with van der Waals surface area (Å²) in [4.78, 5) is 41.7. The lowest BCUT2D eigenvalue weighted by atomic mass is 9.92. The molecule has 3 aromatic rings. The number of methoxy groups -OCH3 is 1. The molecule has 2 amide bonds. The Hall–Kier alpha value is -3.82. The number of hydrogen-bond acceptors (Lipinski definition) is 6. The van der Waals surface area contributed by atoms with Crippen LogP contribution in [0.5, 0.6) is 0 Å². The molecule has 9 heteroatoms. The van der Waals surface area contributed by atoms with Gasteiger partial charge in [-0.05, 0) is 59.7 Å². The molecule has 0 N–H and O–H groups in total. The Morgan fingerprint density at radius 1 is 1.16 bits per heavy atom. The molecule has 37 heavy (non-hydrogen) atoms. The zero-order valence-electron chi connectivity index (χ0n) is 20.8. The molecular formula is C28H29N3O5S. The van der Waals surface area contributed by atoms with Gasteiger partial charge in [0.25, 0.3) is 5.69 Å².